The third kappa shape index (κ3) is 4.44. The lowest BCUT2D eigenvalue weighted by Gasteiger charge is -2.31. The Morgan fingerprint density at radius 1 is 1.42 bits per heavy atom. The molecule has 19 heavy (non-hydrogen) atoms. The number of methoxy groups -OCH3 is 1. The van der Waals surface area contributed by atoms with Crippen LogP contribution in [0.25, 0.3) is 0 Å². The second kappa shape index (κ2) is 7.40. The van der Waals surface area contributed by atoms with Crippen molar-refractivity contribution in [1.29, 1.82) is 0 Å². The Labute approximate surface area is 115 Å². The summed E-state index contributed by atoms with van der Waals surface area (Å²) in [5, 5.41) is 3.16. The average molecular weight is 264 g/mol. The normalized spacial score (nSPS) is 20.4. The van der Waals surface area contributed by atoms with E-state index < -0.39 is 0 Å². The fourth-order valence-corrected chi connectivity index (χ4v) is 2.60. The number of likely N-dealkylation sites (tertiary alicyclic amines) is 1. The molecule has 1 saturated heterocycles. The molecule has 1 aromatic rings. The number of piperidine rings is 1. The van der Waals surface area contributed by atoms with Crippen LogP contribution in [0.5, 0.6) is 0 Å². The molecule has 0 radical (unpaired) electrons. The number of nitrogens with one attached hydrogen (secondary N) is 1. The first kappa shape index (κ1) is 14.2. The molecule has 0 saturated carbocycles. The van der Waals surface area contributed by atoms with Crippen LogP contribution in [0.1, 0.15) is 25.5 Å². The molecule has 5 heteroatoms. The molecule has 106 valence electrons. The Kier molecular flexibility index (Phi) is 5.54. The molecular formula is C14H24N4O. The van der Waals surface area contributed by atoms with Crippen molar-refractivity contribution in [3.05, 3.63) is 18.1 Å². The number of hydrogen-bond donors (Lipinski definition) is 1. The maximum atomic E-state index is 5.26. The Hall–Kier alpha value is -1.20. The molecule has 2 heterocycles. The van der Waals surface area contributed by atoms with Crippen LogP contribution < -0.4 is 5.32 Å². The third-order valence-electron chi connectivity index (χ3n) is 3.45. The van der Waals surface area contributed by atoms with Gasteiger partial charge in [-0.05, 0) is 32.2 Å². The monoisotopic (exact) mass is 264 g/mol. The highest BCUT2D eigenvalue weighted by Gasteiger charge is 2.20. The van der Waals surface area contributed by atoms with Gasteiger partial charge in [-0.15, -0.1) is 0 Å². The van der Waals surface area contributed by atoms with Crippen LogP contribution in [0.4, 0.5) is 5.82 Å². The van der Waals surface area contributed by atoms with Crippen molar-refractivity contribution < 1.29 is 4.74 Å². The van der Waals surface area contributed by atoms with Crippen LogP contribution in [-0.2, 0) is 11.3 Å². The SMILES string of the molecule is CCNc1cnc(CN2CCCC(COC)C2)cn1. The minimum Gasteiger partial charge on any atom is -0.384 e. The van der Waals surface area contributed by atoms with Crippen molar-refractivity contribution in [2.45, 2.75) is 26.3 Å². The average Bonchev–Trinajstić information content (AvgIpc) is 2.42. The van der Waals surface area contributed by atoms with E-state index in [1.807, 2.05) is 12.4 Å². The Bertz CT molecular complexity index is 366. The lowest BCUT2D eigenvalue weighted by atomic mass is 9.99. The molecule has 1 aromatic heterocycles. The molecular weight excluding hydrogens is 240 g/mol. The van der Waals surface area contributed by atoms with Crippen LogP contribution in [0.2, 0.25) is 0 Å². The van der Waals surface area contributed by atoms with E-state index >= 15 is 0 Å². The fourth-order valence-electron chi connectivity index (χ4n) is 2.60. The maximum absolute atomic E-state index is 5.26. The molecule has 0 aromatic carbocycles. The quantitative estimate of drug-likeness (QED) is 0.848. The van der Waals surface area contributed by atoms with Crippen molar-refractivity contribution in [3.8, 4) is 0 Å². The van der Waals surface area contributed by atoms with Crippen LogP contribution in [-0.4, -0.2) is 48.2 Å². The van der Waals surface area contributed by atoms with E-state index in [-0.39, 0.29) is 0 Å². The van der Waals surface area contributed by atoms with Crippen LogP contribution in [0.3, 0.4) is 0 Å². The van der Waals surface area contributed by atoms with Crippen molar-refractivity contribution in [1.82, 2.24) is 14.9 Å². The maximum Gasteiger partial charge on any atom is 0.144 e. The smallest absolute Gasteiger partial charge is 0.144 e. The van der Waals surface area contributed by atoms with Crippen molar-refractivity contribution >= 4 is 5.82 Å². The van der Waals surface area contributed by atoms with E-state index in [1.165, 1.54) is 12.8 Å². The highest BCUT2D eigenvalue weighted by atomic mass is 16.5. The van der Waals surface area contributed by atoms with Gasteiger partial charge in [-0.3, -0.25) is 9.88 Å². The van der Waals surface area contributed by atoms with Gasteiger partial charge in [0.05, 0.1) is 24.7 Å². The van der Waals surface area contributed by atoms with E-state index in [0.29, 0.717) is 5.92 Å². The molecule has 1 atom stereocenters. The highest BCUT2D eigenvalue weighted by Crippen LogP contribution is 2.18. The Morgan fingerprint density at radius 3 is 3.00 bits per heavy atom. The number of anilines is 1. The number of ether oxygens (including phenoxy) is 1. The lowest BCUT2D eigenvalue weighted by Crippen LogP contribution is -2.36. The fraction of sp³-hybridized carbons (Fsp3) is 0.714. The second-order valence-electron chi connectivity index (χ2n) is 5.12. The largest absolute Gasteiger partial charge is 0.384 e. The molecule has 1 unspecified atom stereocenters. The first-order chi connectivity index (χ1) is 9.31. The van der Waals surface area contributed by atoms with Gasteiger partial charge in [0.1, 0.15) is 5.82 Å². The number of hydrogen-bond acceptors (Lipinski definition) is 5. The van der Waals surface area contributed by atoms with E-state index in [4.69, 9.17) is 4.74 Å². The molecule has 0 bridgehead atoms. The molecule has 1 fully saturated rings. The molecule has 5 nitrogen and oxygen atoms in total. The van der Waals surface area contributed by atoms with Crippen LogP contribution >= 0.6 is 0 Å². The number of aromatic nitrogens is 2. The zero-order valence-electron chi connectivity index (χ0n) is 11.9. The van der Waals surface area contributed by atoms with Gasteiger partial charge in [-0.2, -0.15) is 0 Å². The summed E-state index contributed by atoms with van der Waals surface area (Å²) in [6, 6.07) is 0. The first-order valence-corrected chi connectivity index (χ1v) is 7.08. The Morgan fingerprint density at radius 2 is 2.32 bits per heavy atom. The first-order valence-electron chi connectivity index (χ1n) is 7.08. The summed E-state index contributed by atoms with van der Waals surface area (Å²) in [5.41, 5.74) is 1.04. The van der Waals surface area contributed by atoms with Crippen molar-refractivity contribution in [2.75, 3.05) is 38.7 Å². The van der Waals surface area contributed by atoms with Gasteiger partial charge in [0.15, 0.2) is 0 Å². The minimum absolute atomic E-state index is 0.660. The van der Waals surface area contributed by atoms with Gasteiger partial charge in [-0.25, -0.2) is 4.98 Å². The van der Waals surface area contributed by atoms with E-state index in [1.54, 1.807) is 7.11 Å². The summed E-state index contributed by atoms with van der Waals surface area (Å²) in [6.45, 7) is 6.93. The highest BCUT2D eigenvalue weighted by molar-refractivity contribution is 5.30. The lowest BCUT2D eigenvalue weighted by molar-refractivity contribution is 0.0867. The molecule has 0 amide bonds. The van der Waals surface area contributed by atoms with E-state index in [2.05, 4.69) is 27.1 Å². The number of nitrogens with zero attached hydrogens (tertiary/aromatic N) is 3. The summed E-state index contributed by atoms with van der Waals surface area (Å²) in [4.78, 5) is 11.3. The van der Waals surface area contributed by atoms with Crippen LogP contribution in [0.15, 0.2) is 12.4 Å². The van der Waals surface area contributed by atoms with Gasteiger partial charge in [0.25, 0.3) is 0 Å². The van der Waals surface area contributed by atoms with Gasteiger partial charge in [-0.1, -0.05) is 0 Å². The summed E-state index contributed by atoms with van der Waals surface area (Å²) in [6.07, 6.45) is 6.21. The van der Waals surface area contributed by atoms with E-state index in [9.17, 15) is 0 Å². The summed E-state index contributed by atoms with van der Waals surface area (Å²) >= 11 is 0. The third-order valence-corrected chi connectivity index (χ3v) is 3.45. The topological polar surface area (TPSA) is 50.3 Å². The van der Waals surface area contributed by atoms with Crippen molar-refractivity contribution in [3.63, 3.8) is 0 Å². The molecule has 1 aliphatic rings. The van der Waals surface area contributed by atoms with Gasteiger partial charge in [0.2, 0.25) is 0 Å². The molecule has 0 aliphatic carbocycles. The zero-order chi connectivity index (χ0) is 13.5. The standard InChI is InChI=1S/C14H24N4O/c1-3-15-14-8-16-13(7-17-14)10-18-6-4-5-12(9-18)11-19-2/h7-8,12H,3-6,9-11H2,1-2H3,(H,15,17). The summed E-state index contributed by atoms with van der Waals surface area (Å²) in [7, 11) is 1.78. The zero-order valence-corrected chi connectivity index (χ0v) is 11.9. The minimum atomic E-state index is 0.660. The van der Waals surface area contributed by atoms with Gasteiger partial charge in [0, 0.05) is 26.7 Å². The second-order valence-corrected chi connectivity index (χ2v) is 5.12. The molecule has 1 N–H and O–H groups in total. The van der Waals surface area contributed by atoms with E-state index in [0.717, 1.165) is 44.3 Å². The number of rotatable bonds is 6. The Balaban J connectivity index is 1.85. The van der Waals surface area contributed by atoms with Gasteiger partial charge >= 0.3 is 0 Å². The molecule has 2 rings (SSSR count). The predicted molar refractivity (Wildman–Crippen MR) is 76.1 cm³/mol. The molecule has 0 spiro atoms. The summed E-state index contributed by atoms with van der Waals surface area (Å²) < 4.78 is 5.26. The van der Waals surface area contributed by atoms with Crippen molar-refractivity contribution in [2.24, 2.45) is 5.92 Å². The summed E-state index contributed by atoms with van der Waals surface area (Å²) in [5.74, 6) is 1.51. The molecule has 1 aliphatic heterocycles. The van der Waals surface area contributed by atoms with Gasteiger partial charge < -0.3 is 10.1 Å². The van der Waals surface area contributed by atoms with Crippen LogP contribution in [0, 0.1) is 5.92 Å². The predicted octanol–water partition coefficient (Wildman–Crippen LogP) is 1.77.